The Morgan fingerprint density at radius 2 is 1.86 bits per heavy atom. The van der Waals surface area contributed by atoms with Crippen molar-refractivity contribution in [3.8, 4) is 5.75 Å². The molecule has 0 aliphatic rings. The third-order valence-electron chi connectivity index (χ3n) is 2.43. The van der Waals surface area contributed by atoms with Crippen molar-refractivity contribution in [1.82, 2.24) is 0 Å². The van der Waals surface area contributed by atoms with Crippen LogP contribution in [0.25, 0.3) is 0 Å². The van der Waals surface area contributed by atoms with Crippen LogP contribution in [0.2, 0.25) is 5.02 Å². The van der Waals surface area contributed by atoms with E-state index in [4.69, 9.17) is 15.8 Å². The average Bonchev–Trinajstić information content (AvgIpc) is 2.41. The maximum atomic E-state index is 13.5. The summed E-state index contributed by atoms with van der Waals surface area (Å²) in [6.07, 6.45) is 0. The molecule has 0 aromatic heterocycles. The molecule has 0 unspecified atom stereocenters. The Labute approximate surface area is 124 Å². The monoisotopic (exact) mass is 331 g/mol. The molecule has 0 bridgehead atoms. The van der Waals surface area contributed by atoms with Crippen molar-refractivity contribution in [3.63, 3.8) is 0 Å². The summed E-state index contributed by atoms with van der Waals surface area (Å²) in [6, 6.07) is 7.65. The predicted octanol–water partition coefficient (Wildman–Crippen LogP) is 3.16. The molecule has 0 atom stereocenters. The Balaban J connectivity index is 2.38. The first kappa shape index (κ1) is 15.2. The molecule has 9 heteroatoms. The number of benzene rings is 2. The largest absolute Gasteiger partial charge is 0.377 e. The molecule has 0 aliphatic heterocycles. The van der Waals surface area contributed by atoms with Gasteiger partial charge in [0.2, 0.25) is 0 Å². The van der Waals surface area contributed by atoms with Gasteiger partial charge in [-0.15, -0.1) is 0 Å². The van der Waals surface area contributed by atoms with Gasteiger partial charge >= 0.3 is 10.1 Å². The Morgan fingerprint density at radius 3 is 2.43 bits per heavy atom. The molecule has 0 fully saturated rings. The van der Waals surface area contributed by atoms with Crippen LogP contribution in [0, 0.1) is 15.9 Å². The van der Waals surface area contributed by atoms with Crippen molar-refractivity contribution in [1.29, 1.82) is 0 Å². The summed E-state index contributed by atoms with van der Waals surface area (Å²) in [5.41, 5.74) is -0.323. The summed E-state index contributed by atoms with van der Waals surface area (Å²) >= 11 is 5.72. The highest BCUT2D eigenvalue weighted by Crippen LogP contribution is 2.31. The minimum absolute atomic E-state index is 0.274. The van der Waals surface area contributed by atoms with Gasteiger partial charge in [-0.3, -0.25) is 10.1 Å². The van der Waals surface area contributed by atoms with Gasteiger partial charge in [-0.1, -0.05) is 23.7 Å². The zero-order valence-corrected chi connectivity index (χ0v) is 11.8. The Morgan fingerprint density at radius 1 is 1.19 bits per heavy atom. The predicted molar refractivity (Wildman–Crippen MR) is 72.3 cm³/mol. The molecule has 0 amide bonds. The van der Waals surface area contributed by atoms with Gasteiger partial charge < -0.3 is 4.18 Å². The number of nitro benzene ring substituents is 1. The highest BCUT2D eigenvalue weighted by Gasteiger charge is 2.23. The molecule has 0 heterocycles. The third kappa shape index (κ3) is 3.29. The zero-order chi connectivity index (χ0) is 15.6. The number of hydrogen-bond acceptors (Lipinski definition) is 5. The molecule has 2 rings (SSSR count). The lowest BCUT2D eigenvalue weighted by Crippen LogP contribution is -2.11. The van der Waals surface area contributed by atoms with E-state index in [2.05, 4.69) is 0 Å². The molecule has 6 nitrogen and oxygen atoms in total. The van der Waals surface area contributed by atoms with Crippen LogP contribution >= 0.6 is 11.6 Å². The van der Waals surface area contributed by atoms with Crippen LogP contribution in [0.1, 0.15) is 0 Å². The van der Waals surface area contributed by atoms with Crippen molar-refractivity contribution >= 4 is 27.4 Å². The molecular weight excluding hydrogens is 325 g/mol. The second-order valence-electron chi connectivity index (χ2n) is 3.84. The van der Waals surface area contributed by atoms with Crippen LogP contribution in [-0.4, -0.2) is 13.3 Å². The quantitative estimate of drug-likeness (QED) is 0.488. The first-order chi connectivity index (χ1) is 9.81. The van der Waals surface area contributed by atoms with Crippen LogP contribution in [0.5, 0.6) is 5.75 Å². The number of nitrogens with zero attached hydrogens (tertiary/aromatic N) is 1. The fraction of sp³-hybridized carbons (Fsp3) is 0. The molecule has 2 aromatic rings. The van der Waals surface area contributed by atoms with Gasteiger partial charge in [0.25, 0.3) is 5.69 Å². The molecule has 21 heavy (non-hydrogen) atoms. The Kier molecular flexibility index (Phi) is 4.10. The first-order valence-corrected chi connectivity index (χ1v) is 7.23. The molecular formula is C12H7ClFNO5S. The van der Waals surface area contributed by atoms with Gasteiger partial charge in [-0.05, 0) is 18.2 Å². The van der Waals surface area contributed by atoms with Gasteiger partial charge in [0.05, 0.1) is 9.95 Å². The molecule has 0 aliphatic carbocycles. The molecule has 0 saturated carbocycles. The van der Waals surface area contributed by atoms with Crippen LogP contribution in [-0.2, 0) is 10.1 Å². The molecule has 2 aromatic carbocycles. The van der Waals surface area contributed by atoms with Crippen molar-refractivity contribution in [2.75, 3.05) is 0 Å². The van der Waals surface area contributed by atoms with Gasteiger partial charge in [0, 0.05) is 12.1 Å². The number of nitro groups is 1. The summed E-state index contributed by atoms with van der Waals surface area (Å²) < 4.78 is 42.1. The highest BCUT2D eigenvalue weighted by atomic mass is 35.5. The summed E-state index contributed by atoms with van der Waals surface area (Å²) in [5, 5.41) is 10.3. The van der Waals surface area contributed by atoms with Crippen molar-refractivity contribution in [2.45, 2.75) is 4.90 Å². The lowest BCUT2D eigenvalue weighted by atomic mass is 10.3. The van der Waals surface area contributed by atoms with Gasteiger partial charge in [0.1, 0.15) is 10.7 Å². The normalized spacial score (nSPS) is 11.1. The molecule has 0 radical (unpaired) electrons. The lowest BCUT2D eigenvalue weighted by molar-refractivity contribution is -0.384. The summed E-state index contributed by atoms with van der Waals surface area (Å²) in [5.74, 6) is -1.30. The van der Waals surface area contributed by atoms with Gasteiger partial charge in [0.15, 0.2) is 5.75 Å². The van der Waals surface area contributed by atoms with Crippen LogP contribution in [0.15, 0.2) is 47.4 Å². The standard InChI is InChI=1S/C12H7ClFNO5S/c13-9-7-8(15(16)17)5-6-11(9)20-21(18,19)12-4-2-1-3-10(12)14/h1-7H. The minimum Gasteiger partial charge on any atom is -0.377 e. The Bertz CT molecular complexity index is 809. The minimum atomic E-state index is -4.43. The molecule has 0 saturated heterocycles. The molecule has 110 valence electrons. The van der Waals surface area contributed by atoms with E-state index in [0.717, 1.165) is 30.3 Å². The van der Waals surface area contributed by atoms with E-state index in [0.29, 0.717) is 0 Å². The molecule has 0 N–H and O–H groups in total. The van der Waals surface area contributed by atoms with Crippen molar-refractivity contribution in [2.24, 2.45) is 0 Å². The van der Waals surface area contributed by atoms with E-state index in [9.17, 15) is 22.9 Å². The maximum Gasteiger partial charge on any atom is 0.342 e. The zero-order valence-electron chi connectivity index (χ0n) is 10.2. The summed E-state index contributed by atoms with van der Waals surface area (Å²) in [4.78, 5) is 9.21. The fourth-order valence-corrected chi connectivity index (χ4v) is 2.76. The number of hydrogen-bond donors (Lipinski definition) is 0. The number of halogens is 2. The van der Waals surface area contributed by atoms with E-state index >= 15 is 0 Å². The fourth-order valence-electron chi connectivity index (χ4n) is 1.48. The van der Waals surface area contributed by atoms with Gasteiger partial charge in [-0.2, -0.15) is 8.42 Å². The van der Waals surface area contributed by atoms with E-state index in [-0.39, 0.29) is 16.5 Å². The van der Waals surface area contributed by atoms with Crippen LogP contribution in [0.3, 0.4) is 0 Å². The first-order valence-electron chi connectivity index (χ1n) is 5.44. The van der Waals surface area contributed by atoms with E-state index in [1.165, 1.54) is 12.1 Å². The van der Waals surface area contributed by atoms with E-state index in [1.54, 1.807) is 0 Å². The van der Waals surface area contributed by atoms with Gasteiger partial charge in [-0.25, -0.2) is 4.39 Å². The average molecular weight is 332 g/mol. The van der Waals surface area contributed by atoms with E-state index in [1.807, 2.05) is 0 Å². The maximum absolute atomic E-state index is 13.5. The van der Waals surface area contributed by atoms with E-state index < -0.39 is 25.8 Å². The second-order valence-corrected chi connectivity index (χ2v) is 5.76. The topological polar surface area (TPSA) is 86.5 Å². The third-order valence-corrected chi connectivity index (χ3v) is 4.00. The summed E-state index contributed by atoms with van der Waals surface area (Å²) in [7, 11) is -4.43. The molecule has 0 spiro atoms. The van der Waals surface area contributed by atoms with Crippen LogP contribution in [0.4, 0.5) is 10.1 Å². The SMILES string of the molecule is O=[N+]([O-])c1ccc(OS(=O)(=O)c2ccccc2F)c(Cl)c1. The number of non-ortho nitro benzene ring substituents is 1. The van der Waals surface area contributed by atoms with Crippen molar-refractivity contribution in [3.05, 3.63) is 63.4 Å². The Hall–Kier alpha value is -2.19. The smallest absolute Gasteiger partial charge is 0.342 e. The second kappa shape index (κ2) is 5.66. The number of rotatable bonds is 4. The highest BCUT2D eigenvalue weighted by molar-refractivity contribution is 7.87. The summed E-state index contributed by atoms with van der Waals surface area (Å²) in [6.45, 7) is 0. The lowest BCUT2D eigenvalue weighted by Gasteiger charge is -2.08. The van der Waals surface area contributed by atoms with Crippen molar-refractivity contribution < 1.29 is 21.9 Å². The van der Waals surface area contributed by atoms with Crippen LogP contribution < -0.4 is 4.18 Å².